The molecule has 0 fully saturated rings. The second-order valence-electron chi connectivity index (χ2n) is 5.10. The van der Waals surface area contributed by atoms with Crippen molar-refractivity contribution in [2.45, 2.75) is 45.8 Å². The summed E-state index contributed by atoms with van der Waals surface area (Å²) in [4.78, 5) is 2.39. The van der Waals surface area contributed by atoms with Crippen molar-refractivity contribution in [3.05, 3.63) is 29.3 Å². The summed E-state index contributed by atoms with van der Waals surface area (Å²) in [6.45, 7) is 9.38. The van der Waals surface area contributed by atoms with Crippen LogP contribution in [0.1, 0.15) is 37.8 Å². The summed E-state index contributed by atoms with van der Waals surface area (Å²) in [5.74, 6) is 0.263. The smallest absolute Gasteiger partial charge is 0.0598 e. The minimum Gasteiger partial charge on any atom is -0.393 e. The molecule has 2 heteroatoms. The molecule has 1 N–H and O–H groups in total. The van der Waals surface area contributed by atoms with Crippen molar-refractivity contribution in [3.8, 4) is 0 Å². The first kappa shape index (κ1) is 11.5. The van der Waals surface area contributed by atoms with Crippen LogP contribution in [-0.2, 0) is 0 Å². The lowest BCUT2D eigenvalue weighted by Gasteiger charge is -2.24. The van der Waals surface area contributed by atoms with E-state index in [1.165, 1.54) is 16.8 Å². The first-order valence-electron chi connectivity index (χ1n) is 6.06. The normalized spacial score (nSPS) is 21.4. The number of anilines is 1. The van der Waals surface area contributed by atoms with Gasteiger partial charge in [0.2, 0.25) is 0 Å². The maximum absolute atomic E-state index is 9.90. The first-order chi connectivity index (χ1) is 7.52. The van der Waals surface area contributed by atoms with Gasteiger partial charge in [-0.25, -0.2) is 0 Å². The van der Waals surface area contributed by atoms with Crippen LogP contribution in [0.25, 0.3) is 0 Å². The van der Waals surface area contributed by atoms with E-state index in [0.29, 0.717) is 6.04 Å². The van der Waals surface area contributed by atoms with Crippen LogP contribution in [0.2, 0.25) is 0 Å². The Balaban J connectivity index is 2.49. The molecule has 1 aliphatic rings. The van der Waals surface area contributed by atoms with E-state index in [1.54, 1.807) is 0 Å². The fraction of sp³-hybridized carbons (Fsp3) is 0.571. The fourth-order valence-corrected chi connectivity index (χ4v) is 2.68. The average Bonchev–Trinajstić information content (AvgIpc) is 2.58. The number of benzene rings is 1. The molecule has 1 heterocycles. The standard InChI is InChI=1S/C14H21NO/c1-9(2)15-8-12(11(4)16)14-10(3)6-5-7-13(14)15/h5-7,9,11-12,16H,8H2,1-4H3. The summed E-state index contributed by atoms with van der Waals surface area (Å²) < 4.78 is 0. The van der Waals surface area contributed by atoms with Crippen molar-refractivity contribution < 1.29 is 5.11 Å². The van der Waals surface area contributed by atoms with Gasteiger partial charge in [-0.2, -0.15) is 0 Å². The van der Waals surface area contributed by atoms with Gasteiger partial charge in [-0.3, -0.25) is 0 Å². The Labute approximate surface area is 97.9 Å². The van der Waals surface area contributed by atoms with Gasteiger partial charge in [0.15, 0.2) is 0 Å². The number of aryl methyl sites for hydroxylation is 1. The first-order valence-corrected chi connectivity index (χ1v) is 6.06. The summed E-state index contributed by atoms with van der Waals surface area (Å²) in [6.07, 6.45) is -0.274. The fourth-order valence-electron chi connectivity index (χ4n) is 2.68. The number of nitrogens with zero attached hydrogens (tertiary/aromatic N) is 1. The molecule has 0 aromatic heterocycles. The van der Waals surface area contributed by atoms with Crippen LogP contribution in [0.4, 0.5) is 5.69 Å². The molecule has 0 amide bonds. The van der Waals surface area contributed by atoms with Crippen LogP contribution in [0, 0.1) is 6.92 Å². The zero-order chi connectivity index (χ0) is 11.9. The van der Waals surface area contributed by atoms with Crippen molar-refractivity contribution in [1.29, 1.82) is 0 Å². The molecule has 2 atom stereocenters. The molecular formula is C14H21NO. The van der Waals surface area contributed by atoms with Gasteiger partial charge in [0.05, 0.1) is 6.10 Å². The number of hydrogen-bond acceptors (Lipinski definition) is 2. The van der Waals surface area contributed by atoms with Gasteiger partial charge in [-0.15, -0.1) is 0 Å². The number of hydrogen-bond donors (Lipinski definition) is 1. The minimum atomic E-state index is -0.274. The summed E-state index contributed by atoms with van der Waals surface area (Å²) >= 11 is 0. The lowest BCUT2D eigenvalue weighted by molar-refractivity contribution is 0.166. The third-order valence-electron chi connectivity index (χ3n) is 3.58. The second kappa shape index (κ2) is 4.10. The Bertz CT molecular complexity index is 384. The maximum Gasteiger partial charge on any atom is 0.0598 e. The Morgan fingerprint density at radius 3 is 2.56 bits per heavy atom. The third kappa shape index (κ3) is 1.71. The largest absolute Gasteiger partial charge is 0.393 e. The molecule has 0 saturated carbocycles. The molecule has 88 valence electrons. The minimum absolute atomic E-state index is 0.263. The number of aliphatic hydroxyl groups is 1. The van der Waals surface area contributed by atoms with E-state index < -0.39 is 0 Å². The van der Waals surface area contributed by atoms with Gasteiger partial charge in [-0.05, 0) is 44.9 Å². The van der Waals surface area contributed by atoms with Gasteiger partial charge in [-0.1, -0.05) is 12.1 Å². The number of fused-ring (bicyclic) bond motifs is 1. The molecule has 2 unspecified atom stereocenters. The summed E-state index contributed by atoms with van der Waals surface area (Å²) in [5, 5.41) is 9.90. The van der Waals surface area contributed by atoms with Crippen LogP contribution in [-0.4, -0.2) is 23.8 Å². The molecular weight excluding hydrogens is 198 g/mol. The molecule has 0 spiro atoms. The lowest BCUT2D eigenvalue weighted by atomic mass is 9.93. The average molecular weight is 219 g/mol. The van der Waals surface area contributed by atoms with Gasteiger partial charge in [0.25, 0.3) is 0 Å². The van der Waals surface area contributed by atoms with E-state index in [0.717, 1.165) is 6.54 Å². The molecule has 2 rings (SSSR count). The van der Waals surface area contributed by atoms with E-state index in [2.05, 4.69) is 43.9 Å². The van der Waals surface area contributed by atoms with Crippen LogP contribution in [0.15, 0.2) is 18.2 Å². The summed E-state index contributed by atoms with van der Waals surface area (Å²) in [7, 11) is 0. The maximum atomic E-state index is 9.90. The number of rotatable bonds is 2. The Kier molecular flexibility index (Phi) is 2.94. The van der Waals surface area contributed by atoms with Crippen molar-refractivity contribution in [1.82, 2.24) is 0 Å². The van der Waals surface area contributed by atoms with E-state index >= 15 is 0 Å². The van der Waals surface area contributed by atoms with Crippen LogP contribution in [0.3, 0.4) is 0 Å². The highest BCUT2D eigenvalue weighted by atomic mass is 16.3. The summed E-state index contributed by atoms with van der Waals surface area (Å²) in [6, 6.07) is 6.90. The van der Waals surface area contributed by atoms with Crippen LogP contribution < -0.4 is 4.90 Å². The molecule has 0 saturated heterocycles. The topological polar surface area (TPSA) is 23.5 Å². The third-order valence-corrected chi connectivity index (χ3v) is 3.58. The zero-order valence-corrected chi connectivity index (χ0v) is 10.6. The Hall–Kier alpha value is -1.02. The number of aliphatic hydroxyl groups excluding tert-OH is 1. The van der Waals surface area contributed by atoms with E-state index in [-0.39, 0.29) is 12.0 Å². The summed E-state index contributed by atoms with van der Waals surface area (Å²) in [5.41, 5.74) is 3.94. The highest BCUT2D eigenvalue weighted by Crippen LogP contribution is 2.40. The quantitative estimate of drug-likeness (QED) is 0.826. The van der Waals surface area contributed by atoms with Gasteiger partial charge < -0.3 is 10.0 Å². The second-order valence-corrected chi connectivity index (χ2v) is 5.10. The van der Waals surface area contributed by atoms with Crippen LogP contribution >= 0.6 is 0 Å². The molecule has 0 aliphatic carbocycles. The van der Waals surface area contributed by atoms with E-state index in [1.807, 2.05) is 6.92 Å². The molecule has 0 radical (unpaired) electrons. The SMILES string of the molecule is Cc1cccc2c1C(C(C)O)CN2C(C)C. The highest BCUT2D eigenvalue weighted by molar-refractivity contribution is 5.63. The monoisotopic (exact) mass is 219 g/mol. The molecule has 16 heavy (non-hydrogen) atoms. The Morgan fingerprint density at radius 1 is 1.31 bits per heavy atom. The van der Waals surface area contributed by atoms with Crippen molar-refractivity contribution in [2.75, 3.05) is 11.4 Å². The van der Waals surface area contributed by atoms with Gasteiger partial charge in [0, 0.05) is 24.2 Å². The molecule has 0 bridgehead atoms. The lowest BCUT2D eigenvalue weighted by Crippen LogP contribution is -2.31. The molecule has 1 aliphatic heterocycles. The predicted molar refractivity (Wildman–Crippen MR) is 68.1 cm³/mol. The van der Waals surface area contributed by atoms with Crippen molar-refractivity contribution in [2.24, 2.45) is 0 Å². The zero-order valence-electron chi connectivity index (χ0n) is 10.6. The Morgan fingerprint density at radius 2 is 2.00 bits per heavy atom. The van der Waals surface area contributed by atoms with Crippen molar-refractivity contribution >= 4 is 5.69 Å². The van der Waals surface area contributed by atoms with Gasteiger partial charge in [0.1, 0.15) is 0 Å². The van der Waals surface area contributed by atoms with Crippen molar-refractivity contribution in [3.63, 3.8) is 0 Å². The van der Waals surface area contributed by atoms with Crippen LogP contribution in [0.5, 0.6) is 0 Å². The molecule has 1 aromatic rings. The van der Waals surface area contributed by atoms with E-state index in [9.17, 15) is 5.11 Å². The van der Waals surface area contributed by atoms with Gasteiger partial charge >= 0.3 is 0 Å². The van der Waals surface area contributed by atoms with E-state index in [4.69, 9.17) is 0 Å². The predicted octanol–water partition coefficient (Wildman–Crippen LogP) is 2.69. The highest BCUT2D eigenvalue weighted by Gasteiger charge is 2.33. The molecule has 1 aromatic carbocycles. The molecule has 2 nitrogen and oxygen atoms in total.